The van der Waals surface area contributed by atoms with Crippen LogP contribution in [0.4, 0.5) is 11.9 Å². The Hall–Kier alpha value is -1.59. The van der Waals surface area contributed by atoms with Crippen molar-refractivity contribution < 1.29 is 4.74 Å². The number of aromatic nitrogens is 3. The van der Waals surface area contributed by atoms with E-state index in [1.165, 1.54) is 6.42 Å². The Bertz CT molecular complexity index is 371. The molecule has 120 valence electrons. The maximum Gasteiger partial charge on any atom is 0.323 e. The number of nitrogens with one attached hydrogen (secondary N) is 2. The van der Waals surface area contributed by atoms with Crippen molar-refractivity contribution in [2.45, 2.75) is 53.4 Å². The van der Waals surface area contributed by atoms with Crippen LogP contribution >= 0.6 is 0 Å². The molecule has 1 rings (SSSR count). The molecule has 0 atom stereocenters. The summed E-state index contributed by atoms with van der Waals surface area (Å²) in [6.07, 6.45) is 4.25. The average Bonchev–Trinajstić information content (AvgIpc) is 2.47. The lowest BCUT2D eigenvalue weighted by Crippen LogP contribution is -2.12. The van der Waals surface area contributed by atoms with Crippen LogP contribution < -0.4 is 15.4 Å². The number of hydrogen-bond donors (Lipinski definition) is 2. The van der Waals surface area contributed by atoms with Gasteiger partial charge in [0, 0.05) is 13.1 Å². The van der Waals surface area contributed by atoms with Gasteiger partial charge in [-0.15, -0.1) is 0 Å². The zero-order chi connectivity index (χ0) is 15.5. The molecule has 0 aliphatic rings. The van der Waals surface area contributed by atoms with Gasteiger partial charge in [-0.05, 0) is 31.6 Å². The van der Waals surface area contributed by atoms with E-state index < -0.39 is 0 Å². The molecule has 21 heavy (non-hydrogen) atoms. The van der Waals surface area contributed by atoms with Gasteiger partial charge in [-0.2, -0.15) is 15.0 Å². The van der Waals surface area contributed by atoms with Gasteiger partial charge in [0.25, 0.3) is 0 Å². The highest BCUT2D eigenvalue weighted by molar-refractivity contribution is 5.35. The molecule has 2 N–H and O–H groups in total. The van der Waals surface area contributed by atoms with E-state index in [4.69, 9.17) is 4.74 Å². The summed E-state index contributed by atoms with van der Waals surface area (Å²) in [5.74, 6) is 1.87. The van der Waals surface area contributed by atoms with Gasteiger partial charge >= 0.3 is 6.01 Å². The van der Waals surface area contributed by atoms with E-state index in [0.29, 0.717) is 24.5 Å². The molecule has 6 heteroatoms. The van der Waals surface area contributed by atoms with Crippen molar-refractivity contribution in [3.8, 4) is 6.01 Å². The normalized spacial score (nSPS) is 10.7. The predicted octanol–water partition coefficient (Wildman–Crippen LogP) is 3.33. The molecule has 0 bridgehead atoms. The van der Waals surface area contributed by atoms with Crippen molar-refractivity contribution in [3.05, 3.63) is 0 Å². The van der Waals surface area contributed by atoms with Gasteiger partial charge in [-0.1, -0.05) is 27.7 Å². The summed E-state index contributed by atoms with van der Waals surface area (Å²) in [4.78, 5) is 12.9. The lowest BCUT2D eigenvalue weighted by molar-refractivity contribution is 0.292. The van der Waals surface area contributed by atoms with Crippen LogP contribution in [0.5, 0.6) is 6.01 Å². The largest absolute Gasteiger partial charge is 0.463 e. The van der Waals surface area contributed by atoms with Crippen LogP contribution in [0.1, 0.15) is 53.4 Å². The summed E-state index contributed by atoms with van der Waals surface area (Å²) in [5, 5.41) is 6.43. The van der Waals surface area contributed by atoms with Crippen molar-refractivity contribution >= 4 is 11.9 Å². The minimum atomic E-state index is 0.386. The first-order valence-electron chi connectivity index (χ1n) is 8.02. The minimum Gasteiger partial charge on any atom is -0.463 e. The van der Waals surface area contributed by atoms with Crippen molar-refractivity contribution in [2.24, 2.45) is 5.92 Å². The van der Waals surface area contributed by atoms with E-state index in [1.807, 2.05) is 0 Å². The average molecular weight is 295 g/mol. The lowest BCUT2D eigenvalue weighted by atomic mass is 10.1. The van der Waals surface area contributed by atoms with Crippen LogP contribution in [0.25, 0.3) is 0 Å². The van der Waals surface area contributed by atoms with Crippen LogP contribution in [0.15, 0.2) is 0 Å². The highest BCUT2D eigenvalue weighted by Crippen LogP contribution is 2.12. The molecule has 0 aromatic carbocycles. The van der Waals surface area contributed by atoms with Gasteiger partial charge < -0.3 is 15.4 Å². The number of nitrogens with zero attached hydrogens (tertiary/aromatic N) is 3. The van der Waals surface area contributed by atoms with E-state index in [-0.39, 0.29) is 0 Å². The quantitative estimate of drug-likeness (QED) is 0.610. The van der Waals surface area contributed by atoms with Gasteiger partial charge in [-0.25, -0.2) is 0 Å². The van der Waals surface area contributed by atoms with Gasteiger partial charge in [0.2, 0.25) is 11.9 Å². The predicted molar refractivity (Wildman–Crippen MR) is 87.0 cm³/mol. The molecular formula is C15H29N5O. The molecule has 0 radical (unpaired) electrons. The molecule has 0 saturated carbocycles. The Labute approximate surface area is 128 Å². The molecule has 1 heterocycles. The Morgan fingerprint density at radius 3 is 2.19 bits per heavy atom. The maximum atomic E-state index is 5.52. The van der Waals surface area contributed by atoms with Crippen LogP contribution in [0.2, 0.25) is 0 Å². The van der Waals surface area contributed by atoms with Crippen LogP contribution in [0.3, 0.4) is 0 Å². The third kappa shape index (κ3) is 7.68. The molecule has 0 amide bonds. The standard InChI is InChI=1S/C15H29N5O/c1-5-9-16-13-18-14(17-10-7-8-12(3)4)20-15(19-13)21-11-6-2/h12H,5-11H2,1-4H3,(H2,16,17,18,19,20). The number of ether oxygens (including phenoxy) is 1. The summed E-state index contributed by atoms with van der Waals surface area (Å²) in [7, 11) is 0. The molecule has 1 aromatic heterocycles. The van der Waals surface area contributed by atoms with E-state index >= 15 is 0 Å². The van der Waals surface area contributed by atoms with Gasteiger partial charge in [0.1, 0.15) is 0 Å². The van der Waals surface area contributed by atoms with Crippen LogP contribution in [-0.4, -0.2) is 34.6 Å². The zero-order valence-corrected chi connectivity index (χ0v) is 13.8. The fourth-order valence-corrected chi connectivity index (χ4v) is 1.72. The van der Waals surface area contributed by atoms with Crippen molar-refractivity contribution in [2.75, 3.05) is 30.3 Å². The van der Waals surface area contributed by atoms with E-state index in [0.717, 1.165) is 38.3 Å². The number of rotatable bonds is 11. The maximum absolute atomic E-state index is 5.52. The molecule has 0 saturated heterocycles. The van der Waals surface area contributed by atoms with E-state index in [2.05, 4.69) is 53.3 Å². The summed E-state index contributed by atoms with van der Waals surface area (Å²) in [5.41, 5.74) is 0. The molecule has 0 fully saturated rings. The van der Waals surface area contributed by atoms with Crippen molar-refractivity contribution in [3.63, 3.8) is 0 Å². The smallest absolute Gasteiger partial charge is 0.323 e. The first kappa shape index (κ1) is 17.5. The molecule has 6 nitrogen and oxygen atoms in total. The second-order valence-corrected chi connectivity index (χ2v) is 5.50. The zero-order valence-electron chi connectivity index (χ0n) is 13.8. The Kier molecular flexibility index (Phi) is 8.47. The molecule has 1 aromatic rings. The highest BCUT2D eigenvalue weighted by atomic mass is 16.5. The topological polar surface area (TPSA) is 72.0 Å². The molecule has 0 aliphatic carbocycles. The van der Waals surface area contributed by atoms with Crippen LogP contribution in [-0.2, 0) is 0 Å². The Morgan fingerprint density at radius 1 is 0.952 bits per heavy atom. The van der Waals surface area contributed by atoms with E-state index in [1.54, 1.807) is 0 Å². The first-order valence-corrected chi connectivity index (χ1v) is 8.02. The summed E-state index contributed by atoms with van der Waals surface area (Å²) in [6.45, 7) is 10.9. The number of hydrogen-bond acceptors (Lipinski definition) is 6. The second-order valence-electron chi connectivity index (χ2n) is 5.50. The fourth-order valence-electron chi connectivity index (χ4n) is 1.72. The third-order valence-electron chi connectivity index (χ3n) is 2.82. The highest BCUT2D eigenvalue weighted by Gasteiger charge is 2.07. The number of anilines is 2. The monoisotopic (exact) mass is 295 g/mol. The van der Waals surface area contributed by atoms with Gasteiger partial charge in [0.15, 0.2) is 0 Å². The Balaban J connectivity index is 2.61. The van der Waals surface area contributed by atoms with Gasteiger partial charge in [0.05, 0.1) is 6.61 Å². The molecule has 0 unspecified atom stereocenters. The fraction of sp³-hybridized carbons (Fsp3) is 0.800. The SMILES string of the molecule is CCCNc1nc(NCCCC(C)C)nc(OCCC)n1. The van der Waals surface area contributed by atoms with Crippen molar-refractivity contribution in [1.82, 2.24) is 15.0 Å². The summed E-state index contributed by atoms with van der Waals surface area (Å²) >= 11 is 0. The van der Waals surface area contributed by atoms with E-state index in [9.17, 15) is 0 Å². The van der Waals surface area contributed by atoms with Gasteiger partial charge in [-0.3, -0.25) is 0 Å². The summed E-state index contributed by atoms with van der Waals surface area (Å²) < 4.78 is 5.52. The minimum absolute atomic E-state index is 0.386. The second kappa shape index (κ2) is 10.2. The summed E-state index contributed by atoms with van der Waals surface area (Å²) in [6, 6.07) is 0.386. The third-order valence-corrected chi connectivity index (χ3v) is 2.82. The van der Waals surface area contributed by atoms with Crippen molar-refractivity contribution in [1.29, 1.82) is 0 Å². The lowest BCUT2D eigenvalue weighted by Gasteiger charge is -2.10. The first-order chi connectivity index (χ1) is 10.2. The molecular weight excluding hydrogens is 266 g/mol. The Morgan fingerprint density at radius 2 is 1.62 bits per heavy atom. The van der Waals surface area contributed by atoms with Crippen LogP contribution in [0, 0.1) is 5.92 Å². The molecule has 0 aliphatic heterocycles. The molecule has 0 spiro atoms.